The van der Waals surface area contributed by atoms with Crippen LogP contribution in [0.3, 0.4) is 0 Å². The van der Waals surface area contributed by atoms with Gasteiger partial charge in [0.1, 0.15) is 17.3 Å². The van der Waals surface area contributed by atoms with Gasteiger partial charge in [0.15, 0.2) is 0 Å². The number of aliphatic hydroxyl groups is 1. The Bertz CT molecular complexity index is 1290. The summed E-state index contributed by atoms with van der Waals surface area (Å²) in [5, 5.41) is 11.2. The van der Waals surface area contributed by atoms with Gasteiger partial charge in [0.05, 0.1) is 18.7 Å². The number of hydrogen-bond acceptors (Lipinski definition) is 4. The van der Waals surface area contributed by atoms with Crippen LogP contribution in [0, 0.1) is 5.82 Å². The second kappa shape index (κ2) is 9.97. The highest BCUT2D eigenvalue weighted by atomic mass is 19.1. The van der Waals surface area contributed by atoms with E-state index in [0.717, 1.165) is 16.7 Å². The van der Waals surface area contributed by atoms with E-state index in [9.17, 15) is 19.1 Å². The van der Waals surface area contributed by atoms with Crippen molar-refractivity contribution in [3.05, 3.63) is 106 Å². The third-order valence-electron chi connectivity index (χ3n) is 6.55. The summed E-state index contributed by atoms with van der Waals surface area (Å²) in [5.41, 5.74) is 3.10. The second-order valence-electron chi connectivity index (χ2n) is 9.97. The number of amides is 1. The molecule has 1 saturated heterocycles. The van der Waals surface area contributed by atoms with Crippen molar-refractivity contribution < 1.29 is 23.8 Å². The summed E-state index contributed by atoms with van der Waals surface area (Å²) >= 11 is 0. The van der Waals surface area contributed by atoms with Crippen LogP contribution in [0.4, 0.5) is 4.39 Å². The normalized spacial score (nSPS) is 17.5. The van der Waals surface area contributed by atoms with Crippen LogP contribution < -0.4 is 4.74 Å². The van der Waals surface area contributed by atoms with E-state index in [2.05, 4.69) is 20.8 Å². The minimum absolute atomic E-state index is 0.0489. The molecule has 4 rings (SSSR count). The van der Waals surface area contributed by atoms with Crippen molar-refractivity contribution in [2.45, 2.75) is 38.6 Å². The van der Waals surface area contributed by atoms with Gasteiger partial charge in [0.25, 0.3) is 11.7 Å². The summed E-state index contributed by atoms with van der Waals surface area (Å²) in [7, 11) is 1.54. The molecule has 5 nitrogen and oxygen atoms in total. The predicted octanol–water partition coefficient (Wildman–Crippen LogP) is 5.80. The minimum atomic E-state index is -0.749. The molecule has 0 radical (unpaired) electrons. The summed E-state index contributed by atoms with van der Waals surface area (Å²) in [6, 6.07) is 19.8. The summed E-state index contributed by atoms with van der Waals surface area (Å²) in [6.45, 7) is 6.57. The Labute approximate surface area is 210 Å². The maximum absolute atomic E-state index is 13.3. The van der Waals surface area contributed by atoms with Crippen LogP contribution in [0.1, 0.15) is 49.1 Å². The Balaban J connectivity index is 1.77. The Morgan fingerprint density at radius 1 is 0.944 bits per heavy atom. The van der Waals surface area contributed by atoms with Gasteiger partial charge in [-0.05, 0) is 64.9 Å². The maximum atomic E-state index is 13.3. The monoisotopic (exact) mass is 487 g/mol. The number of carbonyl (C=O) groups excluding carboxylic acids is 2. The smallest absolute Gasteiger partial charge is 0.295 e. The van der Waals surface area contributed by atoms with Crippen molar-refractivity contribution in [1.82, 2.24) is 4.90 Å². The molecule has 3 aromatic carbocycles. The van der Waals surface area contributed by atoms with E-state index in [1.165, 1.54) is 17.0 Å². The number of benzene rings is 3. The van der Waals surface area contributed by atoms with Crippen LogP contribution >= 0.6 is 0 Å². The summed E-state index contributed by atoms with van der Waals surface area (Å²) in [6.07, 6.45) is 0.437. The van der Waals surface area contributed by atoms with E-state index in [-0.39, 0.29) is 29.1 Å². The first kappa shape index (κ1) is 25.2. The summed E-state index contributed by atoms with van der Waals surface area (Å²) < 4.78 is 18.5. The molecule has 1 N–H and O–H groups in total. The molecule has 0 aromatic heterocycles. The first-order valence-corrected chi connectivity index (χ1v) is 11.9. The van der Waals surface area contributed by atoms with Crippen LogP contribution in [0.15, 0.2) is 78.4 Å². The van der Waals surface area contributed by atoms with Crippen LogP contribution in [0.5, 0.6) is 5.75 Å². The fourth-order valence-electron chi connectivity index (χ4n) is 4.43. The van der Waals surface area contributed by atoms with Crippen molar-refractivity contribution in [2.24, 2.45) is 0 Å². The molecule has 1 unspecified atom stereocenters. The third kappa shape index (κ3) is 5.03. The molecular formula is C30H30FNO4. The zero-order chi connectivity index (χ0) is 26.0. The van der Waals surface area contributed by atoms with Gasteiger partial charge in [0, 0.05) is 12.1 Å². The lowest BCUT2D eigenvalue weighted by molar-refractivity contribution is -0.139. The van der Waals surface area contributed by atoms with Crippen molar-refractivity contribution in [3.8, 4) is 5.75 Å². The van der Waals surface area contributed by atoms with Gasteiger partial charge >= 0.3 is 0 Å². The Morgan fingerprint density at radius 3 is 2.11 bits per heavy atom. The topological polar surface area (TPSA) is 66.8 Å². The number of hydrogen-bond donors (Lipinski definition) is 1. The number of carbonyl (C=O) groups is 2. The molecule has 3 aromatic rings. The lowest BCUT2D eigenvalue weighted by Crippen LogP contribution is -2.31. The second-order valence-corrected chi connectivity index (χ2v) is 9.97. The van der Waals surface area contributed by atoms with Crippen molar-refractivity contribution in [2.75, 3.05) is 13.7 Å². The Morgan fingerprint density at radius 2 is 1.56 bits per heavy atom. The molecule has 36 heavy (non-hydrogen) atoms. The van der Waals surface area contributed by atoms with Crippen molar-refractivity contribution in [1.29, 1.82) is 0 Å². The molecule has 1 atom stereocenters. The Kier molecular flexibility index (Phi) is 6.97. The van der Waals surface area contributed by atoms with Gasteiger partial charge in [-0.1, -0.05) is 57.2 Å². The molecule has 0 bridgehead atoms. The number of ether oxygens (including phenoxy) is 1. The number of likely N-dealkylation sites (tertiary alicyclic amines) is 1. The first-order chi connectivity index (χ1) is 17.1. The highest BCUT2D eigenvalue weighted by Crippen LogP contribution is 2.40. The molecule has 0 spiro atoms. The molecule has 1 fully saturated rings. The number of methoxy groups -OCH3 is 1. The molecule has 0 saturated carbocycles. The molecule has 186 valence electrons. The fraction of sp³-hybridized carbons (Fsp3) is 0.267. The van der Waals surface area contributed by atoms with Crippen molar-refractivity contribution >= 4 is 17.4 Å². The number of aliphatic hydroxyl groups excluding tert-OH is 1. The zero-order valence-corrected chi connectivity index (χ0v) is 20.9. The number of halogens is 1. The van der Waals surface area contributed by atoms with E-state index < -0.39 is 17.7 Å². The first-order valence-electron chi connectivity index (χ1n) is 11.9. The van der Waals surface area contributed by atoms with Crippen molar-refractivity contribution in [3.63, 3.8) is 0 Å². The van der Waals surface area contributed by atoms with Crippen LogP contribution in [-0.2, 0) is 21.4 Å². The van der Waals surface area contributed by atoms with Crippen LogP contribution in [0.25, 0.3) is 5.76 Å². The molecule has 1 aliphatic rings. The van der Waals surface area contributed by atoms with E-state index in [1.54, 1.807) is 43.5 Å². The van der Waals surface area contributed by atoms with Gasteiger partial charge in [-0.3, -0.25) is 9.59 Å². The van der Waals surface area contributed by atoms with Gasteiger partial charge in [-0.2, -0.15) is 0 Å². The average Bonchev–Trinajstić information content (AvgIpc) is 3.12. The van der Waals surface area contributed by atoms with E-state index in [1.807, 2.05) is 24.3 Å². The molecule has 1 amide bonds. The molecular weight excluding hydrogens is 457 g/mol. The summed E-state index contributed by atoms with van der Waals surface area (Å²) in [5.74, 6) is -1.35. The van der Waals surface area contributed by atoms with Gasteiger partial charge < -0.3 is 14.7 Å². The van der Waals surface area contributed by atoms with Crippen LogP contribution in [-0.4, -0.2) is 35.4 Å². The predicted molar refractivity (Wildman–Crippen MR) is 137 cm³/mol. The molecule has 6 heteroatoms. The third-order valence-corrected chi connectivity index (χ3v) is 6.55. The van der Waals surface area contributed by atoms with Gasteiger partial charge in [0.2, 0.25) is 0 Å². The van der Waals surface area contributed by atoms with Crippen LogP contribution in [0.2, 0.25) is 0 Å². The quantitative estimate of drug-likeness (QED) is 0.271. The molecule has 1 aliphatic heterocycles. The van der Waals surface area contributed by atoms with E-state index >= 15 is 0 Å². The standard InChI is InChI=1S/C30H30FNO4/c1-30(2,3)22-11-7-20(8-12-22)26-25(27(33)21-9-15-24(36-4)16-10-21)28(34)29(35)32(26)18-17-19-5-13-23(31)14-6-19/h5-16,26,33H,17-18H2,1-4H3/b27-25-. The zero-order valence-electron chi connectivity index (χ0n) is 20.9. The number of rotatable bonds is 6. The molecule has 0 aliphatic carbocycles. The molecule has 1 heterocycles. The lowest BCUT2D eigenvalue weighted by atomic mass is 9.85. The number of ketones is 1. The van der Waals surface area contributed by atoms with E-state index in [0.29, 0.717) is 17.7 Å². The van der Waals surface area contributed by atoms with Gasteiger partial charge in [-0.15, -0.1) is 0 Å². The number of nitrogens with zero attached hydrogens (tertiary/aromatic N) is 1. The van der Waals surface area contributed by atoms with E-state index in [4.69, 9.17) is 4.74 Å². The summed E-state index contributed by atoms with van der Waals surface area (Å²) in [4.78, 5) is 27.9. The average molecular weight is 488 g/mol. The largest absolute Gasteiger partial charge is 0.507 e. The lowest BCUT2D eigenvalue weighted by Gasteiger charge is -2.26. The maximum Gasteiger partial charge on any atom is 0.295 e. The SMILES string of the molecule is COc1ccc(/C(O)=C2/C(=O)C(=O)N(CCc3ccc(F)cc3)C2c2ccc(C(C)(C)C)cc2)cc1. The number of Topliss-reactive ketones (excluding diaryl/α,β-unsaturated/α-hetero) is 1. The van der Waals surface area contributed by atoms with Gasteiger partial charge in [-0.25, -0.2) is 4.39 Å². The highest BCUT2D eigenvalue weighted by Gasteiger charge is 2.45. The Hall–Kier alpha value is -3.93. The minimum Gasteiger partial charge on any atom is -0.507 e. The fourth-order valence-corrected chi connectivity index (χ4v) is 4.43. The highest BCUT2D eigenvalue weighted by molar-refractivity contribution is 6.46.